The number of benzene rings is 1. The number of halogens is 1. The normalized spacial score (nSPS) is 14.3. The molecule has 3 heterocycles. The SMILES string of the molecule is C=C(COC)N1CCN(c2cnc3cc(CN)c(-c4c(C)cc(OC)cc4Cl)cn23)CC1. The molecule has 32 heavy (non-hydrogen) atoms. The van der Waals surface area contributed by atoms with Gasteiger partial charge >= 0.3 is 0 Å². The van der Waals surface area contributed by atoms with Gasteiger partial charge in [-0.3, -0.25) is 4.40 Å². The molecule has 0 bridgehead atoms. The van der Waals surface area contributed by atoms with Gasteiger partial charge < -0.3 is 25.0 Å². The van der Waals surface area contributed by atoms with Crippen LogP contribution in [0.2, 0.25) is 5.02 Å². The molecule has 3 aromatic rings. The number of hydrogen-bond donors (Lipinski definition) is 1. The Kier molecular flexibility index (Phi) is 6.60. The van der Waals surface area contributed by atoms with Crippen LogP contribution in [0.5, 0.6) is 5.75 Å². The van der Waals surface area contributed by atoms with Crippen LogP contribution in [0.1, 0.15) is 11.1 Å². The van der Waals surface area contributed by atoms with Gasteiger partial charge in [-0.25, -0.2) is 4.98 Å². The fraction of sp³-hybridized carbons (Fsp3) is 0.375. The van der Waals surface area contributed by atoms with Crippen molar-refractivity contribution >= 4 is 23.1 Å². The van der Waals surface area contributed by atoms with Gasteiger partial charge in [-0.05, 0) is 36.2 Å². The van der Waals surface area contributed by atoms with Crippen LogP contribution in [0.15, 0.2) is 42.9 Å². The summed E-state index contributed by atoms with van der Waals surface area (Å²) >= 11 is 6.68. The maximum Gasteiger partial charge on any atom is 0.138 e. The van der Waals surface area contributed by atoms with Crippen LogP contribution >= 0.6 is 11.6 Å². The van der Waals surface area contributed by atoms with Crippen molar-refractivity contribution in [3.05, 3.63) is 59.0 Å². The van der Waals surface area contributed by atoms with Gasteiger partial charge in [-0.1, -0.05) is 18.2 Å². The van der Waals surface area contributed by atoms with Crippen molar-refractivity contribution in [2.24, 2.45) is 5.73 Å². The van der Waals surface area contributed by atoms with E-state index in [0.29, 0.717) is 18.2 Å². The Hall–Kier alpha value is -2.74. The Balaban J connectivity index is 1.71. The van der Waals surface area contributed by atoms with E-state index < -0.39 is 0 Å². The lowest BCUT2D eigenvalue weighted by molar-refractivity contribution is 0.185. The molecule has 0 radical (unpaired) electrons. The highest BCUT2D eigenvalue weighted by atomic mass is 35.5. The zero-order valence-electron chi connectivity index (χ0n) is 18.9. The Bertz CT molecular complexity index is 1110. The molecule has 170 valence electrons. The lowest BCUT2D eigenvalue weighted by Gasteiger charge is -2.37. The molecule has 0 unspecified atom stereocenters. The van der Waals surface area contributed by atoms with Gasteiger partial charge in [0.05, 0.1) is 24.9 Å². The van der Waals surface area contributed by atoms with Gasteiger partial charge in [0.2, 0.25) is 0 Å². The molecule has 0 spiro atoms. The third-order valence-electron chi connectivity index (χ3n) is 6.06. The van der Waals surface area contributed by atoms with Crippen LogP contribution in [-0.4, -0.2) is 61.3 Å². The number of aryl methyl sites for hydroxylation is 1. The molecule has 0 aliphatic carbocycles. The molecule has 2 aromatic heterocycles. The first-order chi connectivity index (χ1) is 15.5. The van der Waals surface area contributed by atoms with Crippen molar-refractivity contribution in [1.29, 1.82) is 0 Å². The van der Waals surface area contributed by atoms with Crippen molar-refractivity contribution < 1.29 is 9.47 Å². The summed E-state index contributed by atoms with van der Waals surface area (Å²) in [5, 5.41) is 0.642. The molecule has 4 rings (SSSR count). The number of nitrogens with zero attached hydrogens (tertiary/aromatic N) is 4. The Morgan fingerprint density at radius 3 is 2.56 bits per heavy atom. The zero-order chi connectivity index (χ0) is 22.8. The lowest BCUT2D eigenvalue weighted by atomic mass is 9.97. The predicted molar refractivity (Wildman–Crippen MR) is 130 cm³/mol. The number of fused-ring (bicyclic) bond motifs is 1. The minimum Gasteiger partial charge on any atom is -0.497 e. The van der Waals surface area contributed by atoms with Crippen LogP contribution in [0.25, 0.3) is 16.8 Å². The van der Waals surface area contributed by atoms with E-state index in [1.165, 1.54) is 0 Å². The first-order valence-corrected chi connectivity index (χ1v) is 11.1. The molecule has 7 nitrogen and oxygen atoms in total. The average Bonchev–Trinajstić information content (AvgIpc) is 3.21. The predicted octanol–water partition coefficient (Wildman–Crippen LogP) is 3.71. The van der Waals surface area contributed by atoms with Crippen molar-refractivity contribution in [2.75, 3.05) is 51.9 Å². The molecule has 0 atom stereocenters. The standard InChI is InChI=1S/C24H30ClN5O2/c1-16-9-19(32-4)11-21(25)24(16)20-14-30-22(10-18(20)12-26)27-13-23(30)29-7-5-28(6-8-29)17(2)15-31-3/h9-11,13-14H,2,5-8,12,15,26H2,1,3-4H3. The van der Waals surface area contributed by atoms with Gasteiger partial charge in [0.25, 0.3) is 0 Å². The summed E-state index contributed by atoms with van der Waals surface area (Å²) in [6, 6.07) is 5.89. The maximum atomic E-state index is 6.68. The number of nitrogens with two attached hydrogens (primary N) is 1. The highest BCUT2D eigenvalue weighted by molar-refractivity contribution is 6.33. The molecule has 1 aliphatic rings. The molecule has 0 saturated carbocycles. The van der Waals surface area contributed by atoms with E-state index >= 15 is 0 Å². The topological polar surface area (TPSA) is 68.3 Å². The second-order valence-electron chi connectivity index (χ2n) is 8.04. The lowest BCUT2D eigenvalue weighted by Crippen LogP contribution is -2.46. The van der Waals surface area contributed by atoms with E-state index in [1.54, 1.807) is 14.2 Å². The summed E-state index contributed by atoms with van der Waals surface area (Å²) in [5.74, 6) is 1.80. The average molecular weight is 456 g/mol. The summed E-state index contributed by atoms with van der Waals surface area (Å²) in [6.45, 7) is 10.7. The van der Waals surface area contributed by atoms with Crippen LogP contribution in [0.3, 0.4) is 0 Å². The minimum absolute atomic E-state index is 0.399. The van der Waals surface area contributed by atoms with Crippen molar-refractivity contribution in [3.8, 4) is 16.9 Å². The van der Waals surface area contributed by atoms with Gasteiger partial charge in [0, 0.05) is 62.9 Å². The van der Waals surface area contributed by atoms with Crippen LogP contribution in [-0.2, 0) is 11.3 Å². The number of rotatable bonds is 7. The van der Waals surface area contributed by atoms with Crippen LogP contribution < -0.4 is 15.4 Å². The number of pyridine rings is 1. The summed E-state index contributed by atoms with van der Waals surface area (Å²) in [7, 11) is 3.34. The van der Waals surface area contributed by atoms with Gasteiger partial charge in [-0.15, -0.1) is 0 Å². The summed E-state index contributed by atoms with van der Waals surface area (Å²) in [6.07, 6.45) is 4.04. The maximum absolute atomic E-state index is 6.68. The Morgan fingerprint density at radius 2 is 1.94 bits per heavy atom. The van der Waals surface area contributed by atoms with E-state index in [2.05, 4.69) is 38.0 Å². The fourth-order valence-corrected chi connectivity index (χ4v) is 4.72. The molecule has 1 aliphatic heterocycles. The molecule has 1 saturated heterocycles. The van der Waals surface area contributed by atoms with Crippen molar-refractivity contribution in [3.63, 3.8) is 0 Å². The van der Waals surface area contributed by atoms with E-state index in [0.717, 1.165) is 71.3 Å². The summed E-state index contributed by atoms with van der Waals surface area (Å²) < 4.78 is 12.7. The van der Waals surface area contributed by atoms with Crippen molar-refractivity contribution in [2.45, 2.75) is 13.5 Å². The Morgan fingerprint density at radius 1 is 1.19 bits per heavy atom. The second kappa shape index (κ2) is 9.40. The van der Waals surface area contributed by atoms with Gasteiger partial charge in [0.1, 0.15) is 17.2 Å². The summed E-state index contributed by atoms with van der Waals surface area (Å²) in [4.78, 5) is 9.29. The van der Waals surface area contributed by atoms with Crippen LogP contribution in [0, 0.1) is 6.92 Å². The van der Waals surface area contributed by atoms with Gasteiger partial charge in [0.15, 0.2) is 0 Å². The van der Waals surface area contributed by atoms with E-state index in [1.807, 2.05) is 25.3 Å². The van der Waals surface area contributed by atoms with Crippen molar-refractivity contribution in [1.82, 2.24) is 14.3 Å². The molecule has 0 amide bonds. The fourth-order valence-electron chi connectivity index (χ4n) is 4.36. The number of hydrogen-bond acceptors (Lipinski definition) is 6. The van der Waals surface area contributed by atoms with Gasteiger partial charge in [-0.2, -0.15) is 0 Å². The molecule has 1 aromatic carbocycles. The first-order valence-electron chi connectivity index (χ1n) is 10.7. The number of imidazole rings is 1. The molecule has 2 N–H and O–H groups in total. The second-order valence-corrected chi connectivity index (χ2v) is 8.44. The highest BCUT2D eigenvalue weighted by Gasteiger charge is 2.22. The minimum atomic E-state index is 0.399. The molecular weight excluding hydrogens is 426 g/mol. The van der Waals surface area contributed by atoms with E-state index in [-0.39, 0.29) is 0 Å². The highest BCUT2D eigenvalue weighted by Crippen LogP contribution is 2.37. The largest absolute Gasteiger partial charge is 0.497 e. The van der Waals surface area contributed by atoms with Crippen LogP contribution in [0.4, 0.5) is 5.82 Å². The van der Waals surface area contributed by atoms with E-state index in [9.17, 15) is 0 Å². The monoisotopic (exact) mass is 455 g/mol. The zero-order valence-corrected chi connectivity index (χ0v) is 19.7. The molecular formula is C24H30ClN5O2. The number of anilines is 1. The molecule has 1 fully saturated rings. The molecule has 8 heteroatoms. The number of aromatic nitrogens is 2. The number of piperazine rings is 1. The first kappa shape index (κ1) is 22.5. The Labute approximate surface area is 194 Å². The summed E-state index contributed by atoms with van der Waals surface area (Å²) in [5.41, 5.74) is 12.0. The smallest absolute Gasteiger partial charge is 0.138 e. The third kappa shape index (κ3) is 4.16. The number of ether oxygens (including phenoxy) is 2. The number of methoxy groups -OCH3 is 2. The van der Waals surface area contributed by atoms with E-state index in [4.69, 9.17) is 26.8 Å². The quantitative estimate of drug-likeness (QED) is 0.585. The third-order valence-corrected chi connectivity index (χ3v) is 6.36.